The number of aromatic amines is 1. The minimum Gasteiger partial charge on any atom is -0.456 e. The van der Waals surface area contributed by atoms with Gasteiger partial charge in [0.05, 0.1) is 0 Å². The van der Waals surface area contributed by atoms with Gasteiger partial charge < -0.3 is 4.74 Å². The number of carbonyl (C=O) groups excluding carboxylic acids is 1. The minimum absolute atomic E-state index is 0.0606. The summed E-state index contributed by atoms with van der Waals surface area (Å²) in [6, 6.07) is 8.63. The number of carbonyl (C=O) groups is 1. The summed E-state index contributed by atoms with van der Waals surface area (Å²) >= 11 is 0. The molecule has 5 heteroatoms. The van der Waals surface area contributed by atoms with Crippen LogP contribution in [0.2, 0.25) is 0 Å². The molecule has 0 radical (unpaired) electrons. The SMILES string of the molecule is Cc1ccc(C(=O)COc2nc(C)cc(=O)[nH]2)cc1. The van der Waals surface area contributed by atoms with Gasteiger partial charge in [0.2, 0.25) is 0 Å². The van der Waals surface area contributed by atoms with E-state index in [9.17, 15) is 9.59 Å². The highest BCUT2D eigenvalue weighted by Crippen LogP contribution is 2.05. The van der Waals surface area contributed by atoms with E-state index in [2.05, 4.69) is 9.97 Å². The van der Waals surface area contributed by atoms with Crippen LogP contribution < -0.4 is 10.3 Å². The molecule has 0 aliphatic carbocycles. The maximum Gasteiger partial charge on any atom is 0.297 e. The third-order valence-corrected chi connectivity index (χ3v) is 2.56. The van der Waals surface area contributed by atoms with Crippen molar-refractivity contribution < 1.29 is 9.53 Å². The predicted octanol–water partition coefficient (Wildman–Crippen LogP) is 1.65. The minimum atomic E-state index is -0.301. The summed E-state index contributed by atoms with van der Waals surface area (Å²) in [7, 11) is 0. The van der Waals surface area contributed by atoms with Crippen LogP contribution in [0.3, 0.4) is 0 Å². The van der Waals surface area contributed by atoms with Crippen LogP contribution in [0.5, 0.6) is 6.01 Å². The van der Waals surface area contributed by atoms with Gasteiger partial charge in [0.25, 0.3) is 11.6 Å². The number of aryl methyl sites for hydroxylation is 2. The van der Waals surface area contributed by atoms with E-state index >= 15 is 0 Å². The average molecular weight is 258 g/mol. The van der Waals surface area contributed by atoms with Gasteiger partial charge >= 0.3 is 0 Å². The second-order valence-electron chi connectivity index (χ2n) is 4.27. The number of hydrogen-bond donors (Lipinski definition) is 1. The van der Waals surface area contributed by atoms with Gasteiger partial charge in [-0.25, -0.2) is 4.98 Å². The molecule has 2 rings (SSSR count). The lowest BCUT2D eigenvalue weighted by Gasteiger charge is -2.05. The average Bonchev–Trinajstić information content (AvgIpc) is 2.36. The first kappa shape index (κ1) is 13.0. The summed E-state index contributed by atoms with van der Waals surface area (Å²) in [6.45, 7) is 3.48. The van der Waals surface area contributed by atoms with Crippen molar-refractivity contribution >= 4 is 5.78 Å². The van der Waals surface area contributed by atoms with Gasteiger partial charge in [-0.2, -0.15) is 0 Å². The zero-order chi connectivity index (χ0) is 13.8. The van der Waals surface area contributed by atoms with Crippen molar-refractivity contribution in [1.82, 2.24) is 9.97 Å². The number of Topliss-reactive ketones (excluding diaryl/α,β-unsaturated/α-hetero) is 1. The Morgan fingerprint density at radius 2 is 1.95 bits per heavy atom. The van der Waals surface area contributed by atoms with Crippen LogP contribution in [0.15, 0.2) is 35.1 Å². The second kappa shape index (κ2) is 5.48. The number of nitrogens with one attached hydrogen (secondary N) is 1. The van der Waals surface area contributed by atoms with Crippen LogP contribution in [-0.4, -0.2) is 22.4 Å². The van der Waals surface area contributed by atoms with Crippen LogP contribution in [0.1, 0.15) is 21.6 Å². The molecule has 0 aliphatic heterocycles. The Labute approximate surface area is 110 Å². The summed E-state index contributed by atoms with van der Waals surface area (Å²) in [6.07, 6.45) is 0. The lowest BCUT2D eigenvalue weighted by Crippen LogP contribution is -2.16. The number of aromatic nitrogens is 2. The standard InChI is InChI=1S/C14H14N2O3/c1-9-3-5-11(6-4-9)12(17)8-19-14-15-10(2)7-13(18)16-14/h3-7H,8H2,1-2H3,(H,15,16,18). The van der Waals surface area contributed by atoms with Crippen LogP contribution in [0.4, 0.5) is 0 Å². The molecule has 0 unspecified atom stereocenters. The van der Waals surface area contributed by atoms with E-state index in [0.717, 1.165) is 5.56 Å². The Morgan fingerprint density at radius 3 is 2.58 bits per heavy atom. The van der Waals surface area contributed by atoms with E-state index in [1.807, 2.05) is 19.1 Å². The number of benzene rings is 1. The highest BCUT2D eigenvalue weighted by molar-refractivity contribution is 5.97. The van der Waals surface area contributed by atoms with E-state index in [-0.39, 0.29) is 24.0 Å². The fourth-order valence-electron chi connectivity index (χ4n) is 1.58. The van der Waals surface area contributed by atoms with Gasteiger partial charge in [-0.05, 0) is 13.8 Å². The molecule has 0 atom stereocenters. The van der Waals surface area contributed by atoms with Gasteiger partial charge in [0.15, 0.2) is 12.4 Å². The van der Waals surface area contributed by atoms with Crippen molar-refractivity contribution in [3.8, 4) is 6.01 Å². The maximum atomic E-state index is 11.9. The van der Waals surface area contributed by atoms with Crippen LogP contribution in [-0.2, 0) is 0 Å². The summed E-state index contributed by atoms with van der Waals surface area (Å²) in [5.41, 5.74) is 1.90. The van der Waals surface area contributed by atoms with Gasteiger partial charge in [-0.3, -0.25) is 14.6 Å². The van der Waals surface area contributed by atoms with Gasteiger partial charge in [-0.1, -0.05) is 29.8 Å². The fourth-order valence-corrected chi connectivity index (χ4v) is 1.58. The lowest BCUT2D eigenvalue weighted by atomic mass is 10.1. The van der Waals surface area contributed by atoms with Crippen LogP contribution in [0, 0.1) is 13.8 Å². The quantitative estimate of drug-likeness (QED) is 0.846. The molecule has 0 fully saturated rings. The molecule has 1 N–H and O–H groups in total. The maximum absolute atomic E-state index is 11.9. The Kier molecular flexibility index (Phi) is 3.75. The molecule has 1 heterocycles. The largest absolute Gasteiger partial charge is 0.456 e. The number of H-pyrrole nitrogens is 1. The Hall–Kier alpha value is -2.43. The molecule has 19 heavy (non-hydrogen) atoms. The molecule has 0 saturated carbocycles. The third-order valence-electron chi connectivity index (χ3n) is 2.56. The Morgan fingerprint density at radius 1 is 1.26 bits per heavy atom. The zero-order valence-electron chi connectivity index (χ0n) is 10.8. The van der Waals surface area contributed by atoms with Crippen molar-refractivity contribution in [2.45, 2.75) is 13.8 Å². The molecule has 0 amide bonds. The number of rotatable bonds is 4. The summed E-state index contributed by atoms with van der Waals surface area (Å²) in [5.74, 6) is -0.163. The van der Waals surface area contributed by atoms with Crippen molar-refractivity contribution in [1.29, 1.82) is 0 Å². The van der Waals surface area contributed by atoms with Gasteiger partial charge in [0.1, 0.15) is 0 Å². The van der Waals surface area contributed by atoms with Gasteiger partial charge in [-0.15, -0.1) is 0 Å². The molecule has 1 aromatic heterocycles. The van der Waals surface area contributed by atoms with Crippen LogP contribution >= 0.6 is 0 Å². The first-order valence-electron chi connectivity index (χ1n) is 5.85. The van der Waals surface area contributed by atoms with E-state index in [0.29, 0.717) is 11.3 Å². The molecule has 0 spiro atoms. The number of nitrogens with zero attached hydrogens (tertiary/aromatic N) is 1. The number of hydrogen-bond acceptors (Lipinski definition) is 4. The molecule has 1 aromatic carbocycles. The van der Waals surface area contributed by atoms with Crippen molar-refractivity contribution in [2.24, 2.45) is 0 Å². The van der Waals surface area contributed by atoms with E-state index in [1.54, 1.807) is 19.1 Å². The van der Waals surface area contributed by atoms with E-state index in [1.165, 1.54) is 6.07 Å². The third kappa shape index (κ3) is 3.51. The van der Waals surface area contributed by atoms with Crippen molar-refractivity contribution in [3.05, 3.63) is 57.5 Å². The van der Waals surface area contributed by atoms with Crippen molar-refractivity contribution in [3.63, 3.8) is 0 Å². The monoisotopic (exact) mass is 258 g/mol. The molecular weight excluding hydrogens is 244 g/mol. The second-order valence-corrected chi connectivity index (χ2v) is 4.27. The van der Waals surface area contributed by atoms with Crippen molar-refractivity contribution in [2.75, 3.05) is 6.61 Å². The lowest BCUT2D eigenvalue weighted by molar-refractivity contribution is 0.0913. The molecule has 0 aliphatic rings. The summed E-state index contributed by atoms with van der Waals surface area (Å²) in [5, 5.41) is 0. The Balaban J connectivity index is 2.04. The highest BCUT2D eigenvalue weighted by atomic mass is 16.5. The molecular formula is C14H14N2O3. The number of ether oxygens (including phenoxy) is 1. The molecule has 98 valence electrons. The summed E-state index contributed by atoms with van der Waals surface area (Å²) in [4.78, 5) is 29.5. The molecule has 0 saturated heterocycles. The highest BCUT2D eigenvalue weighted by Gasteiger charge is 2.07. The normalized spacial score (nSPS) is 10.2. The fraction of sp³-hybridized carbons (Fsp3) is 0.214. The molecule has 5 nitrogen and oxygen atoms in total. The smallest absolute Gasteiger partial charge is 0.297 e. The number of ketones is 1. The van der Waals surface area contributed by atoms with E-state index in [4.69, 9.17) is 4.74 Å². The topological polar surface area (TPSA) is 72.0 Å². The molecule has 2 aromatic rings. The van der Waals surface area contributed by atoms with Gasteiger partial charge in [0, 0.05) is 17.3 Å². The Bertz CT molecular complexity index is 644. The first-order chi connectivity index (χ1) is 9.04. The van der Waals surface area contributed by atoms with E-state index < -0.39 is 0 Å². The predicted molar refractivity (Wildman–Crippen MR) is 70.6 cm³/mol. The molecule has 0 bridgehead atoms. The van der Waals surface area contributed by atoms with Crippen LogP contribution in [0.25, 0.3) is 0 Å². The zero-order valence-corrected chi connectivity index (χ0v) is 10.8. The summed E-state index contributed by atoms with van der Waals surface area (Å²) < 4.78 is 5.20. The first-order valence-corrected chi connectivity index (χ1v) is 5.85.